The maximum atomic E-state index is 9.74. The molecular formula is C13H28N2O. The predicted octanol–water partition coefficient (Wildman–Crippen LogP) is 1.47. The predicted molar refractivity (Wildman–Crippen MR) is 68.6 cm³/mol. The minimum Gasteiger partial charge on any atom is -0.394 e. The number of nitrogens with one attached hydrogen (secondary N) is 1. The second kappa shape index (κ2) is 6.58. The molecule has 2 N–H and O–H groups in total. The lowest BCUT2D eigenvalue weighted by Crippen LogP contribution is -2.58. The number of likely N-dealkylation sites (N-methyl/N-ethyl adjacent to an activating group) is 2. The number of hydrogen-bond donors (Lipinski definition) is 2. The summed E-state index contributed by atoms with van der Waals surface area (Å²) in [5.74, 6) is 0.684. The smallest absolute Gasteiger partial charge is 0.0628 e. The van der Waals surface area contributed by atoms with Crippen molar-refractivity contribution in [2.75, 3.05) is 32.8 Å². The van der Waals surface area contributed by atoms with Crippen molar-refractivity contribution in [1.29, 1.82) is 0 Å². The fourth-order valence-corrected chi connectivity index (χ4v) is 2.62. The van der Waals surface area contributed by atoms with Gasteiger partial charge in [-0.15, -0.1) is 0 Å². The van der Waals surface area contributed by atoms with Gasteiger partial charge in [-0.1, -0.05) is 20.8 Å². The van der Waals surface area contributed by atoms with Gasteiger partial charge in [0.15, 0.2) is 0 Å². The van der Waals surface area contributed by atoms with Gasteiger partial charge in [-0.2, -0.15) is 0 Å². The molecule has 0 amide bonds. The topological polar surface area (TPSA) is 35.5 Å². The first-order valence-corrected chi connectivity index (χ1v) is 6.80. The molecule has 1 rings (SSSR count). The van der Waals surface area contributed by atoms with Crippen LogP contribution in [0.3, 0.4) is 0 Å². The highest BCUT2D eigenvalue weighted by Gasteiger charge is 2.44. The number of rotatable bonds is 9. The van der Waals surface area contributed by atoms with Crippen LogP contribution in [0.2, 0.25) is 0 Å². The van der Waals surface area contributed by atoms with Crippen molar-refractivity contribution < 1.29 is 5.11 Å². The summed E-state index contributed by atoms with van der Waals surface area (Å²) in [5, 5.41) is 13.3. The third kappa shape index (κ3) is 3.44. The zero-order chi connectivity index (χ0) is 12.0. The first-order chi connectivity index (χ1) is 7.72. The lowest BCUT2D eigenvalue weighted by Gasteiger charge is -2.38. The zero-order valence-corrected chi connectivity index (χ0v) is 11.1. The number of aliphatic hydroxyl groups is 1. The van der Waals surface area contributed by atoms with Crippen LogP contribution in [0.4, 0.5) is 0 Å². The van der Waals surface area contributed by atoms with Crippen LogP contribution in [0, 0.1) is 5.92 Å². The third-order valence-electron chi connectivity index (χ3n) is 3.66. The maximum absolute atomic E-state index is 9.74. The Hall–Kier alpha value is -0.120. The monoisotopic (exact) mass is 228 g/mol. The Labute approximate surface area is 100 Å². The molecule has 0 heterocycles. The second-order valence-corrected chi connectivity index (χ2v) is 4.99. The van der Waals surface area contributed by atoms with Gasteiger partial charge in [0.25, 0.3) is 0 Å². The molecule has 1 saturated carbocycles. The maximum Gasteiger partial charge on any atom is 0.0628 e. The molecule has 0 spiro atoms. The average Bonchev–Trinajstić information content (AvgIpc) is 3.11. The summed E-state index contributed by atoms with van der Waals surface area (Å²) in [4.78, 5) is 2.46. The molecule has 1 atom stereocenters. The molecule has 1 aliphatic carbocycles. The summed E-state index contributed by atoms with van der Waals surface area (Å²) >= 11 is 0. The van der Waals surface area contributed by atoms with Crippen LogP contribution < -0.4 is 5.32 Å². The first-order valence-electron chi connectivity index (χ1n) is 6.80. The van der Waals surface area contributed by atoms with Crippen LogP contribution in [0.25, 0.3) is 0 Å². The molecule has 0 aromatic rings. The number of hydrogen-bond acceptors (Lipinski definition) is 3. The molecule has 3 nitrogen and oxygen atoms in total. The molecule has 0 bridgehead atoms. The molecule has 3 heteroatoms. The van der Waals surface area contributed by atoms with E-state index in [0.29, 0.717) is 5.92 Å². The molecule has 1 fully saturated rings. The van der Waals surface area contributed by atoms with E-state index in [1.54, 1.807) is 0 Å². The zero-order valence-electron chi connectivity index (χ0n) is 11.1. The van der Waals surface area contributed by atoms with Crippen LogP contribution in [0.5, 0.6) is 0 Å². The largest absolute Gasteiger partial charge is 0.394 e. The van der Waals surface area contributed by atoms with E-state index in [2.05, 4.69) is 31.0 Å². The van der Waals surface area contributed by atoms with E-state index in [-0.39, 0.29) is 12.1 Å². The van der Waals surface area contributed by atoms with Crippen molar-refractivity contribution in [3.8, 4) is 0 Å². The van der Waals surface area contributed by atoms with Crippen LogP contribution in [0.1, 0.15) is 40.0 Å². The van der Waals surface area contributed by atoms with Crippen LogP contribution in [0.15, 0.2) is 0 Å². The summed E-state index contributed by atoms with van der Waals surface area (Å²) in [7, 11) is 0. The Kier molecular flexibility index (Phi) is 5.73. The summed E-state index contributed by atoms with van der Waals surface area (Å²) in [6.07, 6.45) is 3.74. The SMILES string of the molecule is CCCN(CC)CC(CO)(NCC)C1CC1. The molecule has 16 heavy (non-hydrogen) atoms. The van der Waals surface area contributed by atoms with Crippen molar-refractivity contribution in [3.05, 3.63) is 0 Å². The van der Waals surface area contributed by atoms with Gasteiger partial charge in [0, 0.05) is 6.54 Å². The van der Waals surface area contributed by atoms with Crippen LogP contribution in [-0.4, -0.2) is 48.3 Å². The second-order valence-electron chi connectivity index (χ2n) is 4.99. The third-order valence-corrected chi connectivity index (χ3v) is 3.66. The van der Waals surface area contributed by atoms with E-state index in [9.17, 15) is 5.11 Å². The lowest BCUT2D eigenvalue weighted by atomic mass is 9.93. The van der Waals surface area contributed by atoms with Crippen molar-refractivity contribution in [1.82, 2.24) is 10.2 Å². The van der Waals surface area contributed by atoms with E-state index < -0.39 is 0 Å². The van der Waals surface area contributed by atoms with Crippen molar-refractivity contribution >= 4 is 0 Å². The Morgan fingerprint density at radius 3 is 2.38 bits per heavy atom. The molecule has 0 radical (unpaired) electrons. The summed E-state index contributed by atoms with van der Waals surface area (Å²) < 4.78 is 0. The highest BCUT2D eigenvalue weighted by atomic mass is 16.3. The highest BCUT2D eigenvalue weighted by molar-refractivity contribution is 5.02. The first kappa shape index (κ1) is 13.9. The average molecular weight is 228 g/mol. The number of aliphatic hydroxyl groups excluding tert-OH is 1. The van der Waals surface area contributed by atoms with Crippen molar-refractivity contribution in [2.45, 2.75) is 45.6 Å². The standard InChI is InChI=1S/C13H28N2O/c1-4-9-15(6-3)10-13(11-16,14-5-2)12-7-8-12/h12,14,16H,4-11H2,1-3H3. The van der Waals surface area contributed by atoms with Gasteiger partial charge in [0.1, 0.15) is 0 Å². The van der Waals surface area contributed by atoms with Crippen molar-refractivity contribution in [3.63, 3.8) is 0 Å². The summed E-state index contributed by atoms with van der Waals surface area (Å²) in [5.41, 5.74) is -0.0417. The van der Waals surface area contributed by atoms with Gasteiger partial charge >= 0.3 is 0 Å². The minimum atomic E-state index is -0.0417. The van der Waals surface area contributed by atoms with E-state index in [1.807, 2.05) is 0 Å². The summed E-state index contributed by atoms with van der Waals surface area (Å²) in [6, 6.07) is 0. The fourth-order valence-electron chi connectivity index (χ4n) is 2.62. The van der Waals surface area contributed by atoms with Crippen molar-refractivity contribution in [2.24, 2.45) is 5.92 Å². The molecular weight excluding hydrogens is 200 g/mol. The highest BCUT2D eigenvalue weighted by Crippen LogP contribution is 2.40. The van der Waals surface area contributed by atoms with Gasteiger partial charge in [-0.25, -0.2) is 0 Å². The summed E-state index contributed by atoms with van der Waals surface area (Å²) in [6.45, 7) is 11.0. The Bertz CT molecular complexity index is 194. The molecule has 0 aliphatic heterocycles. The van der Waals surface area contributed by atoms with E-state index in [0.717, 1.165) is 26.2 Å². The normalized spacial score (nSPS) is 20.1. The van der Waals surface area contributed by atoms with Gasteiger partial charge in [-0.05, 0) is 44.8 Å². The van der Waals surface area contributed by atoms with Gasteiger partial charge in [0.05, 0.1) is 12.1 Å². The molecule has 1 aliphatic rings. The quantitative estimate of drug-likeness (QED) is 0.627. The minimum absolute atomic E-state index is 0.0417. The van der Waals surface area contributed by atoms with Gasteiger partial charge in [-0.3, -0.25) is 0 Å². The Balaban J connectivity index is 2.59. The Morgan fingerprint density at radius 2 is 2.00 bits per heavy atom. The molecule has 1 unspecified atom stereocenters. The molecule has 0 saturated heterocycles. The van der Waals surface area contributed by atoms with Gasteiger partial charge in [0.2, 0.25) is 0 Å². The van der Waals surface area contributed by atoms with E-state index in [1.165, 1.54) is 19.3 Å². The Morgan fingerprint density at radius 1 is 1.31 bits per heavy atom. The fraction of sp³-hybridized carbons (Fsp3) is 1.00. The number of nitrogens with zero attached hydrogens (tertiary/aromatic N) is 1. The lowest BCUT2D eigenvalue weighted by molar-refractivity contribution is 0.0939. The van der Waals surface area contributed by atoms with Crippen LogP contribution >= 0.6 is 0 Å². The molecule has 0 aromatic heterocycles. The molecule has 0 aromatic carbocycles. The molecule has 96 valence electrons. The van der Waals surface area contributed by atoms with Gasteiger partial charge < -0.3 is 15.3 Å². The van der Waals surface area contributed by atoms with E-state index in [4.69, 9.17) is 0 Å². The van der Waals surface area contributed by atoms with Crippen LogP contribution in [-0.2, 0) is 0 Å². The van der Waals surface area contributed by atoms with E-state index >= 15 is 0 Å².